The molecule has 0 aliphatic rings. The lowest BCUT2D eigenvalue weighted by molar-refractivity contribution is 0.0939. The lowest BCUT2D eigenvalue weighted by Gasteiger charge is -2.17. The van der Waals surface area contributed by atoms with E-state index in [1.807, 2.05) is 45.0 Å². The molecule has 0 aliphatic heterocycles. The molecule has 0 aliphatic carbocycles. The molecule has 2 aromatic carbocycles. The highest BCUT2D eigenvalue weighted by Crippen LogP contribution is 2.21. The number of furan rings is 1. The number of hydrogen-bond donors (Lipinski definition) is 2. The molecule has 32 heavy (non-hydrogen) atoms. The second kappa shape index (κ2) is 10.0. The summed E-state index contributed by atoms with van der Waals surface area (Å²) in [6, 6.07) is 15.1. The zero-order valence-electron chi connectivity index (χ0n) is 18.6. The van der Waals surface area contributed by atoms with E-state index in [9.17, 15) is 13.2 Å². The molecule has 3 aromatic rings. The molecular formula is C24H28N2O5S. The fourth-order valence-electron chi connectivity index (χ4n) is 3.14. The summed E-state index contributed by atoms with van der Waals surface area (Å²) in [6.07, 6.45) is 1.56. The van der Waals surface area contributed by atoms with Crippen molar-refractivity contribution in [3.63, 3.8) is 0 Å². The van der Waals surface area contributed by atoms with Crippen LogP contribution in [0.5, 0.6) is 5.75 Å². The van der Waals surface area contributed by atoms with Crippen molar-refractivity contribution in [1.29, 1.82) is 0 Å². The zero-order valence-corrected chi connectivity index (χ0v) is 19.4. The Hall–Kier alpha value is -3.10. The number of sulfonamides is 1. The third kappa shape index (κ3) is 5.99. The summed E-state index contributed by atoms with van der Waals surface area (Å²) in [6.45, 7) is 7.58. The minimum Gasteiger partial charge on any atom is -0.491 e. The Morgan fingerprint density at radius 2 is 1.78 bits per heavy atom. The first-order valence-corrected chi connectivity index (χ1v) is 11.8. The van der Waals surface area contributed by atoms with Gasteiger partial charge in [0, 0.05) is 5.56 Å². The Labute approximate surface area is 188 Å². The average Bonchev–Trinajstić information content (AvgIpc) is 3.26. The molecule has 1 heterocycles. The summed E-state index contributed by atoms with van der Waals surface area (Å²) >= 11 is 0. The number of carbonyl (C=O) groups is 1. The highest BCUT2D eigenvalue weighted by atomic mass is 32.2. The largest absolute Gasteiger partial charge is 0.491 e. The van der Waals surface area contributed by atoms with E-state index in [4.69, 9.17) is 9.15 Å². The maximum atomic E-state index is 12.9. The van der Waals surface area contributed by atoms with Gasteiger partial charge in [0.25, 0.3) is 5.91 Å². The maximum absolute atomic E-state index is 12.9. The molecule has 1 unspecified atom stereocenters. The Kier molecular flexibility index (Phi) is 7.37. The van der Waals surface area contributed by atoms with Crippen LogP contribution in [0.1, 0.15) is 54.1 Å². The second-order valence-electron chi connectivity index (χ2n) is 7.81. The van der Waals surface area contributed by atoms with Gasteiger partial charge in [-0.2, -0.15) is 0 Å². The number of nitrogens with one attached hydrogen (secondary N) is 2. The van der Waals surface area contributed by atoms with Gasteiger partial charge >= 0.3 is 0 Å². The van der Waals surface area contributed by atoms with Gasteiger partial charge in [0.05, 0.1) is 29.8 Å². The van der Waals surface area contributed by atoms with Gasteiger partial charge in [-0.15, -0.1) is 0 Å². The Morgan fingerprint density at radius 3 is 2.41 bits per heavy atom. The van der Waals surface area contributed by atoms with Crippen molar-refractivity contribution < 1.29 is 22.4 Å². The first kappa shape index (κ1) is 23.6. The van der Waals surface area contributed by atoms with E-state index >= 15 is 0 Å². The van der Waals surface area contributed by atoms with Crippen LogP contribution in [0.15, 0.2) is 70.2 Å². The van der Waals surface area contributed by atoms with Crippen molar-refractivity contribution in [2.45, 2.75) is 51.3 Å². The number of aryl methyl sites for hydroxylation is 1. The standard InChI is InChI=1S/C24H28N2O5S/c1-16(2)31-20-10-8-19(9-11-20)18(4)26-24(27)23-14-22(12-7-17(23)3)32(28,29)25-15-21-6-5-13-30-21/h5-14,16,18,25H,15H2,1-4H3,(H,26,27). The van der Waals surface area contributed by atoms with E-state index in [1.54, 1.807) is 25.1 Å². The molecule has 2 N–H and O–H groups in total. The summed E-state index contributed by atoms with van der Waals surface area (Å²) < 4.78 is 38.6. The topological polar surface area (TPSA) is 97.6 Å². The van der Waals surface area contributed by atoms with Crippen LogP contribution in [0.25, 0.3) is 0 Å². The zero-order chi connectivity index (χ0) is 23.3. The molecule has 8 heteroatoms. The van der Waals surface area contributed by atoms with Crippen LogP contribution in [0, 0.1) is 6.92 Å². The molecule has 7 nitrogen and oxygen atoms in total. The summed E-state index contributed by atoms with van der Waals surface area (Å²) in [5, 5.41) is 2.94. The van der Waals surface area contributed by atoms with Crippen LogP contribution in [0.3, 0.4) is 0 Å². The van der Waals surface area contributed by atoms with E-state index in [1.165, 1.54) is 18.4 Å². The third-order valence-corrected chi connectivity index (χ3v) is 6.28. The number of ether oxygens (including phenoxy) is 1. The molecule has 0 spiro atoms. The Bertz CT molecular complexity index is 1150. The van der Waals surface area contributed by atoms with Gasteiger partial charge in [-0.05, 0) is 75.2 Å². The van der Waals surface area contributed by atoms with Gasteiger partial charge in [0.2, 0.25) is 10.0 Å². The first-order chi connectivity index (χ1) is 15.2. The quantitative estimate of drug-likeness (QED) is 0.499. The number of benzene rings is 2. The smallest absolute Gasteiger partial charge is 0.252 e. The highest BCUT2D eigenvalue weighted by Gasteiger charge is 2.19. The van der Waals surface area contributed by atoms with Crippen LogP contribution >= 0.6 is 0 Å². The minimum atomic E-state index is -3.81. The Morgan fingerprint density at radius 1 is 1.06 bits per heavy atom. The summed E-state index contributed by atoms with van der Waals surface area (Å²) in [5.41, 5.74) is 1.90. The number of amides is 1. The van der Waals surface area contributed by atoms with E-state index in [0.29, 0.717) is 16.9 Å². The van der Waals surface area contributed by atoms with Gasteiger partial charge in [-0.25, -0.2) is 13.1 Å². The maximum Gasteiger partial charge on any atom is 0.252 e. The normalized spacial score (nSPS) is 12.5. The first-order valence-electron chi connectivity index (χ1n) is 10.4. The second-order valence-corrected chi connectivity index (χ2v) is 9.58. The van der Waals surface area contributed by atoms with Crippen molar-refractivity contribution in [1.82, 2.24) is 10.0 Å². The summed E-state index contributed by atoms with van der Waals surface area (Å²) in [5.74, 6) is 0.913. The van der Waals surface area contributed by atoms with Crippen LogP contribution in [-0.2, 0) is 16.6 Å². The monoisotopic (exact) mass is 456 g/mol. The average molecular weight is 457 g/mol. The molecule has 170 valence electrons. The number of hydrogen-bond acceptors (Lipinski definition) is 5. The fraction of sp³-hybridized carbons (Fsp3) is 0.292. The van der Waals surface area contributed by atoms with Crippen LogP contribution in [0.2, 0.25) is 0 Å². The van der Waals surface area contributed by atoms with Gasteiger partial charge in [0.15, 0.2) is 0 Å². The lowest BCUT2D eigenvalue weighted by atomic mass is 10.1. The third-order valence-electron chi connectivity index (χ3n) is 4.88. The number of carbonyl (C=O) groups excluding carboxylic acids is 1. The summed E-state index contributed by atoms with van der Waals surface area (Å²) in [7, 11) is -3.81. The van der Waals surface area contributed by atoms with Crippen LogP contribution in [-0.4, -0.2) is 20.4 Å². The lowest BCUT2D eigenvalue weighted by Crippen LogP contribution is -2.28. The van der Waals surface area contributed by atoms with E-state index in [2.05, 4.69) is 10.0 Å². The predicted molar refractivity (Wildman–Crippen MR) is 122 cm³/mol. The molecule has 0 saturated carbocycles. The molecule has 0 fully saturated rings. The fourth-order valence-corrected chi connectivity index (χ4v) is 4.16. The molecular weight excluding hydrogens is 428 g/mol. The van der Waals surface area contributed by atoms with E-state index in [-0.39, 0.29) is 29.5 Å². The molecule has 3 rings (SSSR count). The van der Waals surface area contributed by atoms with Crippen LogP contribution < -0.4 is 14.8 Å². The molecule has 1 atom stereocenters. The Balaban J connectivity index is 1.72. The van der Waals surface area contributed by atoms with E-state index < -0.39 is 10.0 Å². The minimum absolute atomic E-state index is 0.0163. The van der Waals surface area contributed by atoms with Crippen molar-refractivity contribution in [2.24, 2.45) is 0 Å². The van der Waals surface area contributed by atoms with E-state index in [0.717, 1.165) is 11.3 Å². The van der Waals surface area contributed by atoms with Crippen LogP contribution in [0.4, 0.5) is 0 Å². The van der Waals surface area contributed by atoms with Gasteiger partial charge in [-0.3, -0.25) is 4.79 Å². The van der Waals surface area contributed by atoms with Gasteiger partial charge in [-0.1, -0.05) is 18.2 Å². The van der Waals surface area contributed by atoms with Crippen molar-refractivity contribution in [2.75, 3.05) is 0 Å². The van der Waals surface area contributed by atoms with Gasteiger partial charge < -0.3 is 14.5 Å². The number of rotatable bonds is 9. The molecule has 0 radical (unpaired) electrons. The molecule has 0 saturated heterocycles. The molecule has 1 amide bonds. The van der Waals surface area contributed by atoms with Crippen molar-refractivity contribution in [3.8, 4) is 5.75 Å². The molecule has 1 aromatic heterocycles. The highest BCUT2D eigenvalue weighted by molar-refractivity contribution is 7.89. The van der Waals surface area contributed by atoms with Gasteiger partial charge in [0.1, 0.15) is 11.5 Å². The van der Waals surface area contributed by atoms with Crippen molar-refractivity contribution >= 4 is 15.9 Å². The molecule has 0 bridgehead atoms. The summed E-state index contributed by atoms with van der Waals surface area (Å²) in [4.78, 5) is 12.9. The van der Waals surface area contributed by atoms with Crippen molar-refractivity contribution in [3.05, 3.63) is 83.3 Å². The SMILES string of the molecule is Cc1ccc(S(=O)(=O)NCc2ccco2)cc1C(=O)NC(C)c1ccc(OC(C)C)cc1. The predicted octanol–water partition coefficient (Wildman–Crippen LogP) is 4.34.